The second kappa shape index (κ2) is 7.98. The van der Waals surface area contributed by atoms with Gasteiger partial charge in [0.15, 0.2) is 0 Å². The van der Waals surface area contributed by atoms with E-state index in [-0.39, 0.29) is 6.09 Å². The molecule has 0 saturated heterocycles. The molecule has 0 N–H and O–H groups in total. The summed E-state index contributed by atoms with van der Waals surface area (Å²) in [7, 11) is 0. The van der Waals surface area contributed by atoms with E-state index < -0.39 is 11.1 Å². The lowest BCUT2D eigenvalue weighted by Crippen LogP contribution is -2.55. The molecule has 3 nitrogen and oxygen atoms in total. The van der Waals surface area contributed by atoms with Crippen LogP contribution in [0.3, 0.4) is 0 Å². The minimum absolute atomic E-state index is 0.297. The van der Waals surface area contributed by atoms with Gasteiger partial charge in [0, 0.05) is 6.42 Å². The molecule has 1 unspecified atom stereocenters. The Morgan fingerprint density at radius 3 is 2.17 bits per heavy atom. The maximum Gasteiger partial charge on any atom is 0.415 e. The molecule has 0 saturated carbocycles. The van der Waals surface area contributed by atoms with Crippen molar-refractivity contribution in [3.8, 4) is 0 Å². The zero-order valence-electron chi connectivity index (χ0n) is 18.0. The number of ether oxygens (including phenoxy) is 1. The molecule has 3 aromatic carbocycles. The smallest absolute Gasteiger partial charge is 0.415 e. The van der Waals surface area contributed by atoms with Crippen LogP contribution in [0.15, 0.2) is 84.9 Å². The molecule has 0 aromatic heterocycles. The van der Waals surface area contributed by atoms with Crippen molar-refractivity contribution in [2.45, 2.75) is 51.2 Å². The van der Waals surface area contributed by atoms with Gasteiger partial charge in [-0.3, -0.25) is 4.90 Å². The molecule has 0 radical (unpaired) electrons. The van der Waals surface area contributed by atoms with Crippen molar-refractivity contribution >= 4 is 11.8 Å². The number of aryl methyl sites for hydroxylation is 1. The number of hydrogen-bond donors (Lipinski definition) is 0. The third-order valence-corrected chi connectivity index (χ3v) is 5.70. The van der Waals surface area contributed by atoms with Crippen LogP contribution in [-0.4, -0.2) is 11.7 Å². The van der Waals surface area contributed by atoms with Crippen LogP contribution in [0.4, 0.5) is 10.5 Å². The van der Waals surface area contributed by atoms with Crippen molar-refractivity contribution in [3.63, 3.8) is 0 Å². The van der Waals surface area contributed by atoms with Crippen LogP contribution in [0.2, 0.25) is 0 Å². The first-order valence-corrected chi connectivity index (χ1v) is 10.6. The highest BCUT2D eigenvalue weighted by Gasteiger charge is 2.47. The quantitative estimate of drug-likeness (QED) is 0.502. The van der Waals surface area contributed by atoms with Gasteiger partial charge < -0.3 is 4.74 Å². The van der Waals surface area contributed by atoms with Gasteiger partial charge in [-0.15, -0.1) is 0 Å². The van der Waals surface area contributed by atoms with Gasteiger partial charge in [-0.2, -0.15) is 0 Å². The summed E-state index contributed by atoms with van der Waals surface area (Å²) in [6.07, 6.45) is 2.18. The monoisotopic (exact) mass is 399 g/mol. The molecular formula is C27H29NO2. The largest absolute Gasteiger partial charge is 0.443 e. The lowest BCUT2D eigenvalue weighted by Gasteiger charge is -2.48. The van der Waals surface area contributed by atoms with Crippen LogP contribution in [0.25, 0.3) is 0 Å². The van der Waals surface area contributed by atoms with Gasteiger partial charge in [0.2, 0.25) is 0 Å². The topological polar surface area (TPSA) is 29.5 Å². The van der Waals surface area contributed by atoms with E-state index in [9.17, 15) is 4.79 Å². The number of carbonyl (C=O) groups excluding carboxylic acids is 1. The number of fused-ring (bicyclic) bond motifs is 1. The predicted octanol–water partition coefficient (Wildman–Crippen LogP) is 6.51. The number of para-hydroxylation sites is 1. The molecular weight excluding hydrogens is 370 g/mol. The molecule has 1 heterocycles. The van der Waals surface area contributed by atoms with Gasteiger partial charge in [0.05, 0.1) is 11.2 Å². The number of amides is 1. The van der Waals surface area contributed by atoms with Gasteiger partial charge in [-0.25, -0.2) is 4.79 Å². The second-order valence-electron chi connectivity index (χ2n) is 9.00. The van der Waals surface area contributed by atoms with Crippen LogP contribution >= 0.6 is 0 Å². The third kappa shape index (κ3) is 3.97. The van der Waals surface area contributed by atoms with Crippen molar-refractivity contribution in [1.82, 2.24) is 0 Å². The molecule has 4 rings (SSSR count). The highest BCUT2D eigenvalue weighted by molar-refractivity contribution is 5.92. The second-order valence-corrected chi connectivity index (χ2v) is 9.00. The number of anilines is 1. The van der Waals surface area contributed by atoms with Gasteiger partial charge in [0.25, 0.3) is 0 Å². The van der Waals surface area contributed by atoms with Crippen LogP contribution in [0.1, 0.15) is 43.9 Å². The molecule has 1 aliphatic rings. The van der Waals surface area contributed by atoms with Crippen LogP contribution < -0.4 is 4.90 Å². The molecule has 1 atom stereocenters. The SMILES string of the molecule is CC(C)(C)OC(=O)N1c2ccccc2CCC1(Cc1ccccc1)c1ccccc1. The number of carbonyl (C=O) groups is 1. The molecule has 0 spiro atoms. The van der Waals surface area contributed by atoms with E-state index in [4.69, 9.17) is 4.74 Å². The van der Waals surface area contributed by atoms with E-state index in [1.807, 2.05) is 56.0 Å². The Bertz CT molecular complexity index is 1010. The summed E-state index contributed by atoms with van der Waals surface area (Å²) in [6, 6.07) is 29.0. The molecule has 3 heteroatoms. The van der Waals surface area contributed by atoms with Gasteiger partial charge >= 0.3 is 6.09 Å². The number of nitrogens with zero attached hydrogens (tertiary/aromatic N) is 1. The van der Waals surface area contributed by atoms with Crippen molar-refractivity contribution < 1.29 is 9.53 Å². The molecule has 0 fully saturated rings. The lowest BCUT2D eigenvalue weighted by atomic mass is 9.75. The average Bonchev–Trinajstić information content (AvgIpc) is 2.73. The summed E-state index contributed by atoms with van der Waals surface area (Å²) >= 11 is 0. The van der Waals surface area contributed by atoms with E-state index in [0.717, 1.165) is 30.5 Å². The number of benzene rings is 3. The van der Waals surface area contributed by atoms with Crippen molar-refractivity contribution in [2.75, 3.05) is 4.90 Å². The van der Waals surface area contributed by atoms with Gasteiger partial charge in [-0.1, -0.05) is 78.9 Å². The summed E-state index contributed by atoms with van der Waals surface area (Å²) in [5, 5.41) is 0. The normalized spacial score (nSPS) is 18.6. The molecule has 30 heavy (non-hydrogen) atoms. The standard InChI is InChI=1S/C27H29NO2/c1-26(2,3)30-25(29)28-24-17-11-10-14-22(24)18-19-27(28,23-15-8-5-9-16-23)20-21-12-6-4-7-13-21/h4-17H,18-20H2,1-3H3. The summed E-state index contributed by atoms with van der Waals surface area (Å²) < 4.78 is 5.94. The van der Waals surface area contributed by atoms with Crippen LogP contribution in [0.5, 0.6) is 0 Å². The first-order valence-electron chi connectivity index (χ1n) is 10.6. The number of rotatable bonds is 3. The third-order valence-electron chi connectivity index (χ3n) is 5.70. The Labute approximate surface area is 179 Å². The highest BCUT2D eigenvalue weighted by atomic mass is 16.6. The first kappa shape index (κ1) is 20.2. The summed E-state index contributed by atoms with van der Waals surface area (Å²) in [5.74, 6) is 0. The van der Waals surface area contributed by atoms with E-state index in [2.05, 4.69) is 54.6 Å². The van der Waals surface area contributed by atoms with Gasteiger partial charge in [0.1, 0.15) is 5.60 Å². The minimum Gasteiger partial charge on any atom is -0.443 e. The molecule has 0 bridgehead atoms. The van der Waals surface area contributed by atoms with Gasteiger partial charge in [-0.05, 0) is 56.4 Å². The average molecular weight is 400 g/mol. The zero-order chi connectivity index (χ0) is 21.2. The zero-order valence-corrected chi connectivity index (χ0v) is 18.0. The lowest BCUT2D eigenvalue weighted by molar-refractivity contribution is 0.0522. The Morgan fingerprint density at radius 1 is 0.900 bits per heavy atom. The highest BCUT2D eigenvalue weighted by Crippen LogP contribution is 2.46. The van der Waals surface area contributed by atoms with E-state index in [0.29, 0.717) is 0 Å². The summed E-state index contributed by atoms with van der Waals surface area (Å²) in [4.78, 5) is 15.6. The maximum absolute atomic E-state index is 13.7. The fourth-order valence-corrected chi connectivity index (χ4v) is 4.43. The van der Waals surface area contributed by atoms with Crippen molar-refractivity contribution in [3.05, 3.63) is 102 Å². The van der Waals surface area contributed by atoms with Crippen molar-refractivity contribution in [1.29, 1.82) is 0 Å². The minimum atomic E-state index is -0.571. The maximum atomic E-state index is 13.7. The molecule has 3 aromatic rings. The fraction of sp³-hybridized carbons (Fsp3) is 0.296. The number of hydrogen-bond acceptors (Lipinski definition) is 2. The fourth-order valence-electron chi connectivity index (χ4n) is 4.43. The van der Waals surface area contributed by atoms with E-state index in [1.54, 1.807) is 0 Å². The Balaban J connectivity index is 1.91. The van der Waals surface area contributed by atoms with Crippen LogP contribution in [0, 0.1) is 0 Å². The first-order chi connectivity index (χ1) is 14.4. The van der Waals surface area contributed by atoms with E-state index in [1.165, 1.54) is 11.1 Å². The molecule has 1 amide bonds. The van der Waals surface area contributed by atoms with Crippen LogP contribution in [-0.2, 0) is 23.1 Å². The van der Waals surface area contributed by atoms with E-state index >= 15 is 0 Å². The van der Waals surface area contributed by atoms with Crippen molar-refractivity contribution in [2.24, 2.45) is 0 Å². The Morgan fingerprint density at radius 2 is 1.50 bits per heavy atom. The Kier molecular flexibility index (Phi) is 5.38. The predicted molar refractivity (Wildman–Crippen MR) is 122 cm³/mol. The Hall–Kier alpha value is -3.07. The molecule has 154 valence electrons. The summed E-state index contributed by atoms with van der Waals surface area (Å²) in [5.41, 5.74) is 3.38. The molecule has 0 aliphatic carbocycles. The molecule has 1 aliphatic heterocycles. The summed E-state index contributed by atoms with van der Waals surface area (Å²) in [6.45, 7) is 5.76.